The number of hydrogen-bond acceptors (Lipinski definition) is 5. The molecule has 8 heteroatoms. The average Bonchev–Trinajstić information content (AvgIpc) is 3.56. The summed E-state index contributed by atoms with van der Waals surface area (Å²) in [5.41, 5.74) is 4.83. The van der Waals surface area contributed by atoms with Crippen LogP contribution in [0.2, 0.25) is 5.02 Å². The number of nitrogens with zero attached hydrogens (tertiary/aromatic N) is 4. The van der Waals surface area contributed by atoms with Crippen molar-refractivity contribution in [1.82, 2.24) is 19.8 Å². The van der Waals surface area contributed by atoms with Crippen molar-refractivity contribution in [2.45, 2.75) is 44.9 Å². The number of halogens is 1. The molecule has 0 radical (unpaired) electrons. The van der Waals surface area contributed by atoms with Gasteiger partial charge in [-0.05, 0) is 60.2 Å². The number of imidazole rings is 1. The van der Waals surface area contributed by atoms with Crippen molar-refractivity contribution < 1.29 is 9.53 Å². The van der Waals surface area contributed by atoms with E-state index in [9.17, 15) is 10.1 Å². The van der Waals surface area contributed by atoms with Crippen LogP contribution in [0, 0.1) is 11.3 Å². The van der Waals surface area contributed by atoms with Gasteiger partial charge < -0.3 is 19.5 Å². The largest absolute Gasteiger partial charge is 0.492 e. The SMILES string of the molecule is N#Cc1ccc(Cn2cncc2CNC2CCN(Cc3cccc(Cl)c3)C2=O)cc1OCCCc1ccccc1. The van der Waals surface area contributed by atoms with E-state index >= 15 is 0 Å². The van der Waals surface area contributed by atoms with Crippen LogP contribution in [0.3, 0.4) is 0 Å². The Morgan fingerprint density at radius 2 is 1.85 bits per heavy atom. The summed E-state index contributed by atoms with van der Waals surface area (Å²) in [6.07, 6.45) is 6.16. The normalized spacial score (nSPS) is 14.8. The monoisotopic (exact) mass is 553 g/mol. The van der Waals surface area contributed by atoms with Gasteiger partial charge in [0.2, 0.25) is 5.91 Å². The Morgan fingerprint density at radius 3 is 2.67 bits per heavy atom. The number of nitriles is 1. The third-order valence-electron chi connectivity index (χ3n) is 7.12. The first-order valence-electron chi connectivity index (χ1n) is 13.5. The van der Waals surface area contributed by atoms with Gasteiger partial charge in [0.05, 0.1) is 30.2 Å². The van der Waals surface area contributed by atoms with Crippen molar-refractivity contribution in [3.8, 4) is 11.8 Å². The molecule has 204 valence electrons. The highest BCUT2D eigenvalue weighted by atomic mass is 35.5. The van der Waals surface area contributed by atoms with Gasteiger partial charge in [0.25, 0.3) is 0 Å². The molecule has 0 saturated carbocycles. The van der Waals surface area contributed by atoms with E-state index in [-0.39, 0.29) is 11.9 Å². The first kappa shape index (κ1) is 27.4. The van der Waals surface area contributed by atoms with Crippen LogP contribution in [0.5, 0.6) is 5.75 Å². The fourth-order valence-electron chi connectivity index (χ4n) is 4.98. The molecule has 2 heterocycles. The number of nitrogens with one attached hydrogen (secondary N) is 1. The maximum atomic E-state index is 13.0. The molecule has 4 aromatic rings. The Kier molecular flexibility index (Phi) is 9.12. The number of aromatic nitrogens is 2. The molecule has 1 fully saturated rings. The zero-order chi connectivity index (χ0) is 27.7. The van der Waals surface area contributed by atoms with E-state index < -0.39 is 0 Å². The highest BCUT2D eigenvalue weighted by molar-refractivity contribution is 6.30. The Bertz CT molecular complexity index is 1480. The van der Waals surface area contributed by atoms with Crippen LogP contribution in [0.15, 0.2) is 85.3 Å². The van der Waals surface area contributed by atoms with E-state index in [1.807, 2.05) is 71.8 Å². The summed E-state index contributed by atoms with van der Waals surface area (Å²) in [5, 5.41) is 13.7. The van der Waals surface area contributed by atoms with Gasteiger partial charge in [-0.3, -0.25) is 4.79 Å². The van der Waals surface area contributed by atoms with Gasteiger partial charge >= 0.3 is 0 Å². The van der Waals surface area contributed by atoms with Crippen molar-refractivity contribution >= 4 is 17.5 Å². The molecule has 1 aliphatic heterocycles. The van der Waals surface area contributed by atoms with Crippen LogP contribution in [-0.2, 0) is 30.8 Å². The average molecular weight is 554 g/mol. The zero-order valence-electron chi connectivity index (χ0n) is 22.3. The lowest BCUT2D eigenvalue weighted by atomic mass is 10.1. The van der Waals surface area contributed by atoms with Crippen molar-refractivity contribution in [3.63, 3.8) is 0 Å². The lowest BCUT2D eigenvalue weighted by Gasteiger charge is -2.18. The van der Waals surface area contributed by atoms with E-state index in [2.05, 4.69) is 33.1 Å². The molecule has 1 atom stereocenters. The highest BCUT2D eigenvalue weighted by Crippen LogP contribution is 2.22. The van der Waals surface area contributed by atoms with Gasteiger partial charge in [0.1, 0.15) is 11.8 Å². The summed E-state index contributed by atoms with van der Waals surface area (Å²) in [6.45, 7) is 2.92. The molecule has 3 aromatic carbocycles. The highest BCUT2D eigenvalue weighted by Gasteiger charge is 2.31. The number of ether oxygens (including phenoxy) is 1. The van der Waals surface area contributed by atoms with E-state index in [4.69, 9.17) is 16.3 Å². The Hall–Kier alpha value is -4.12. The summed E-state index contributed by atoms with van der Waals surface area (Å²) >= 11 is 6.10. The maximum Gasteiger partial charge on any atom is 0.240 e. The van der Waals surface area contributed by atoms with E-state index in [0.29, 0.717) is 49.1 Å². The van der Waals surface area contributed by atoms with Crippen molar-refractivity contribution in [2.75, 3.05) is 13.2 Å². The lowest BCUT2D eigenvalue weighted by Crippen LogP contribution is -2.38. The van der Waals surface area contributed by atoms with Crippen molar-refractivity contribution in [3.05, 3.63) is 118 Å². The number of carbonyl (C=O) groups is 1. The fourth-order valence-corrected chi connectivity index (χ4v) is 5.20. The number of benzene rings is 3. The standard InChI is InChI=1S/C32H32ClN5O2/c33-28-10-4-8-25(16-28)21-37-14-13-30(32(37)39)36-20-29-19-35-23-38(29)22-26-11-12-27(18-34)31(17-26)40-15-5-9-24-6-2-1-3-7-24/h1-4,6-8,10-12,16-17,19,23,30,36H,5,9,13-15,20-22H2. The molecule has 1 aromatic heterocycles. The molecule has 1 unspecified atom stereocenters. The molecule has 1 aliphatic rings. The van der Waals surface area contributed by atoms with Crippen molar-refractivity contribution in [2.24, 2.45) is 0 Å². The lowest BCUT2D eigenvalue weighted by molar-refractivity contribution is -0.129. The summed E-state index contributed by atoms with van der Waals surface area (Å²) in [7, 11) is 0. The topological polar surface area (TPSA) is 83.2 Å². The minimum atomic E-state index is -0.228. The van der Waals surface area contributed by atoms with E-state index in [0.717, 1.165) is 36.1 Å². The number of carbonyl (C=O) groups excluding carboxylic acids is 1. The Labute approximate surface area is 240 Å². The van der Waals surface area contributed by atoms with Gasteiger partial charge in [0, 0.05) is 37.4 Å². The molecule has 40 heavy (non-hydrogen) atoms. The Morgan fingerprint density at radius 1 is 1.02 bits per heavy atom. The van der Waals surface area contributed by atoms with Crippen molar-refractivity contribution in [1.29, 1.82) is 5.26 Å². The number of amides is 1. The van der Waals surface area contributed by atoms with Crippen LogP contribution in [0.1, 0.15) is 40.8 Å². The first-order valence-corrected chi connectivity index (χ1v) is 13.9. The van der Waals surface area contributed by atoms with Crippen LogP contribution < -0.4 is 10.1 Å². The number of rotatable bonds is 12. The molecule has 1 N–H and O–H groups in total. The summed E-state index contributed by atoms with van der Waals surface area (Å²) in [6, 6.07) is 25.6. The molecule has 0 bridgehead atoms. The maximum absolute atomic E-state index is 13.0. The predicted molar refractivity (Wildman–Crippen MR) is 155 cm³/mol. The molecular weight excluding hydrogens is 522 g/mol. The second-order valence-corrected chi connectivity index (χ2v) is 10.4. The zero-order valence-corrected chi connectivity index (χ0v) is 23.1. The molecule has 1 saturated heterocycles. The number of aryl methyl sites for hydroxylation is 1. The van der Waals surface area contributed by atoms with E-state index in [1.54, 1.807) is 6.33 Å². The van der Waals surface area contributed by atoms with Gasteiger partial charge in [-0.15, -0.1) is 0 Å². The van der Waals surface area contributed by atoms with Crippen LogP contribution in [-0.4, -0.2) is 39.6 Å². The second kappa shape index (κ2) is 13.3. The van der Waals surface area contributed by atoms with Crippen LogP contribution in [0.25, 0.3) is 0 Å². The first-order chi connectivity index (χ1) is 19.6. The number of hydrogen-bond donors (Lipinski definition) is 1. The van der Waals surface area contributed by atoms with Crippen LogP contribution >= 0.6 is 11.6 Å². The third-order valence-corrected chi connectivity index (χ3v) is 7.35. The molecular formula is C32H32ClN5O2. The Balaban J connectivity index is 1.15. The van der Waals surface area contributed by atoms with Gasteiger partial charge in [0.15, 0.2) is 0 Å². The fraction of sp³-hybridized carbons (Fsp3) is 0.281. The molecule has 5 rings (SSSR count). The quantitative estimate of drug-likeness (QED) is 0.239. The van der Waals surface area contributed by atoms with Gasteiger partial charge in [-0.1, -0.05) is 60.1 Å². The minimum absolute atomic E-state index is 0.104. The minimum Gasteiger partial charge on any atom is -0.492 e. The second-order valence-electron chi connectivity index (χ2n) is 10.0. The third kappa shape index (κ3) is 7.09. The summed E-state index contributed by atoms with van der Waals surface area (Å²) in [4.78, 5) is 19.2. The molecule has 0 spiro atoms. The number of likely N-dealkylation sites (tertiary alicyclic amines) is 1. The van der Waals surface area contributed by atoms with E-state index in [1.165, 1.54) is 5.56 Å². The predicted octanol–water partition coefficient (Wildman–Crippen LogP) is 5.36. The summed E-state index contributed by atoms with van der Waals surface area (Å²) < 4.78 is 8.07. The summed E-state index contributed by atoms with van der Waals surface area (Å²) in [5.74, 6) is 0.705. The van der Waals surface area contributed by atoms with Gasteiger partial charge in [-0.25, -0.2) is 4.98 Å². The van der Waals surface area contributed by atoms with Crippen LogP contribution in [0.4, 0.5) is 0 Å². The molecule has 7 nitrogen and oxygen atoms in total. The molecule has 1 amide bonds. The van der Waals surface area contributed by atoms with Gasteiger partial charge in [-0.2, -0.15) is 5.26 Å². The molecule has 0 aliphatic carbocycles. The smallest absolute Gasteiger partial charge is 0.240 e.